The van der Waals surface area contributed by atoms with Gasteiger partial charge < -0.3 is 9.64 Å². The van der Waals surface area contributed by atoms with Gasteiger partial charge in [-0.2, -0.15) is 0 Å². The van der Waals surface area contributed by atoms with Crippen LogP contribution in [0.4, 0.5) is 9.59 Å². The molecule has 0 spiro atoms. The van der Waals surface area contributed by atoms with Crippen molar-refractivity contribution in [1.29, 1.82) is 0 Å². The number of carbonyl (C=O) groups is 3. The zero-order valence-corrected chi connectivity index (χ0v) is 14.3. The van der Waals surface area contributed by atoms with Crippen LogP contribution in [0.3, 0.4) is 0 Å². The molecule has 2 fully saturated rings. The third-order valence-corrected chi connectivity index (χ3v) is 5.06. The third kappa shape index (κ3) is 2.37. The quantitative estimate of drug-likeness (QED) is 0.673. The first-order valence-corrected chi connectivity index (χ1v) is 8.63. The molecule has 2 aromatic rings. The van der Waals surface area contributed by atoms with Gasteiger partial charge in [0.2, 0.25) is 5.78 Å². The molecule has 2 bridgehead atoms. The van der Waals surface area contributed by atoms with E-state index in [9.17, 15) is 19.6 Å². The van der Waals surface area contributed by atoms with Crippen LogP contribution in [-0.4, -0.2) is 62.9 Å². The molecule has 8 heteroatoms. The minimum absolute atomic E-state index is 0.189. The van der Waals surface area contributed by atoms with Gasteiger partial charge in [-0.3, -0.25) is 10.0 Å². The molecular formula is C18H19N3O5. The van der Waals surface area contributed by atoms with Crippen LogP contribution in [-0.2, 0) is 4.74 Å². The molecule has 1 aromatic heterocycles. The average Bonchev–Trinajstić information content (AvgIpc) is 3.14. The van der Waals surface area contributed by atoms with E-state index in [1.54, 1.807) is 25.1 Å². The number of nitrogens with zero attached hydrogens (tertiary/aromatic N) is 3. The lowest BCUT2D eigenvalue weighted by atomic mass is 9.96. The number of fused-ring (bicyclic) bond motifs is 3. The van der Waals surface area contributed by atoms with E-state index in [1.165, 1.54) is 9.47 Å². The molecule has 8 nitrogen and oxygen atoms in total. The van der Waals surface area contributed by atoms with E-state index < -0.39 is 18.2 Å². The molecule has 0 saturated carbocycles. The summed E-state index contributed by atoms with van der Waals surface area (Å²) in [5.41, 5.74) is 0.775. The summed E-state index contributed by atoms with van der Waals surface area (Å²) in [4.78, 5) is 39.2. The second-order valence-electron chi connectivity index (χ2n) is 6.51. The molecule has 0 radical (unpaired) electrons. The average molecular weight is 357 g/mol. The van der Waals surface area contributed by atoms with Crippen LogP contribution < -0.4 is 0 Å². The van der Waals surface area contributed by atoms with Gasteiger partial charge in [-0.1, -0.05) is 18.2 Å². The van der Waals surface area contributed by atoms with Gasteiger partial charge in [-0.25, -0.2) is 19.2 Å². The molecule has 2 saturated heterocycles. The maximum absolute atomic E-state index is 13.2. The van der Waals surface area contributed by atoms with Crippen molar-refractivity contribution in [3.05, 3.63) is 36.0 Å². The number of amides is 2. The highest BCUT2D eigenvalue weighted by atomic mass is 16.5. The van der Waals surface area contributed by atoms with Crippen molar-refractivity contribution >= 4 is 28.8 Å². The van der Waals surface area contributed by atoms with Crippen LogP contribution in [0.2, 0.25) is 0 Å². The molecule has 3 heterocycles. The van der Waals surface area contributed by atoms with Gasteiger partial charge in [0, 0.05) is 11.9 Å². The molecule has 2 aliphatic rings. The topological polar surface area (TPSA) is 92.1 Å². The van der Waals surface area contributed by atoms with Crippen LogP contribution in [0.1, 0.15) is 30.3 Å². The summed E-state index contributed by atoms with van der Waals surface area (Å²) in [5, 5.41) is 11.3. The van der Waals surface area contributed by atoms with Crippen molar-refractivity contribution in [3.63, 3.8) is 0 Å². The Morgan fingerprint density at radius 1 is 1.27 bits per heavy atom. The molecule has 2 aliphatic heterocycles. The third-order valence-electron chi connectivity index (χ3n) is 5.06. The van der Waals surface area contributed by atoms with Crippen molar-refractivity contribution in [1.82, 2.24) is 14.5 Å². The molecule has 2 atom stereocenters. The van der Waals surface area contributed by atoms with Crippen LogP contribution in [0.25, 0.3) is 10.9 Å². The number of hydroxylamine groups is 2. The highest BCUT2D eigenvalue weighted by Gasteiger charge is 2.47. The van der Waals surface area contributed by atoms with Gasteiger partial charge in [0.15, 0.2) is 0 Å². The van der Waals surface area contributed by atoms with E-state index in [1.807, 2.05) is 12.1 Å². The Bertz CT molecular complexity index is 905. The number of ether oxygens (including phenoxy) is 1. The minimum atomic E-state index is -0.701. The summed E-state index contributed by atoms with van der Waals surface area (Å²) in [6.45, 7) is 2.20. The van der Waals surface area contributed by atoms with Gasteiger partial charge in [0.25, 0.3) is 0 Å². The number of Topliss-reactive ketones (excluding diaryl/α,β-unsaturated/α-hetero) is 1. The van der Waals surface area contributed by atoms with E-state index in [0.717, 1.165) is 5.39 Å². The fourth-order valence-corrected chi connectivity index (χ4v) is 3.81. The van der Waals surface area contributed by atoms with Crippen LogP contribution in [0.15, 0.2) is 30.3 Å². The Labute approximate surface area is 149 Å². The van der Waals surface area contributed by atoms with E-state index in [2.05, 4.69) is 0 Å². The number of hydrogen-bond donors (Lipinski definition) is 1. The van der Waals surface area contributed by atoms with E-state index in [-0.39, 0.29) is 24.1 Å². The zero-order valence-electron chi connectivity index (χ0n) is 14.3. The SMILES string of the molecule is CCOC(=O)n1c(C(=O)[C@@H]2CC[C@@H]3CN2C(=O)N3O)cc2ccccc21. The van der Waals surface area contributed by atoms with Crippen LogP contribution in [0.5, 0.6) is 0 Å². The summed E-state index contributed by atoms with van der Waals surface area (Å²) >= 11 is 0. The summed E-state index contributed by atoms with van der Waals surface area (Å²) < 4.78 is 6.38. The van der Waals surface area contributed by atoms with E-state index in [4.69, 9.17) is 4.74 Å². The number of hydrogen-bond acceptors (Lipinski definition) is 5. The van der Waals surface area contributed by atoms with Crippen molar-refractivity contribution < 1.29 is 24.3 Å². The Morgan fingerprint density at radius 3 is 2.81 bits per heavy atom. The lowest BCUT2D eigenvalue weighted by Gasteiger charge is -2.29. The Balaban J connectivity index is 1.76. The molecule has 2 amide bonds. The van der Waals surface area contributed by atoms with Gasteiger partial charge >= 0.3 is 12.1 Å². The smallest absolute Gasteiger partial charge is 0.419 e. The number of ketones is 1. The van der Waals surface area contributed by atoms with Crippen LogP contribution >= 0.6 is 0 Å². The van der Waals surface area contributed by atoms with Crippen molar-refractivity contribution in [3.8, 4) is 0 Å². The highest BCUT2D eigenvalue weighted by molar-refractivity contribution is 6.08. The van der Waals surface area contributed by atoms with E-state index >= 15 is 0 Å². The number of aromatic nitrogens is 1. The number of rotatable bonds is 3. The fourth-order valence-electron chi connectivity index (χ4n) is 3.81. The number of para-hydroxylation sites is 1. The highest BCUT2D eigenvalue weighted by Crippen LogP contribution is 2.31. The van der Waals surface area contributed by atoms with Gasteiger partial charge in [-0.05, 0) is 31.9 Å². The monoisotopic (exact) mass is 357 g/mol. The molecule has 0 aliphatic carbocycles. The number of benzene rings is 1. The number of piperidine rings is 1. The molecule has 136 valence electrons. The molecule has 26 heavy (non-hydrogen) atoms. The molecule has 0 unspecified atom stereocenters. The molecule has 4 rings (SSSR count). The van der Waals surface area contributed by atoms with Crippen molar-refractivity contribution in [2.45, 2.75) is 31.8 Å². The Morgan fingerprint density at radius 2 is 2.04 bits per heavy atom. The van der Waals surface area contributed by atoms with E-state index in [0.29, 0.717) is 30.0 Å². The maximum Gasteiger partial charge on any atom is 0.419 e. The maximum atomic E-state index is 13.2. The van der Waals surface area contributed by atoms with Crippen molar-refractivity contribution in [2.75, 3.05) is 13.2 Å². The first-order valence-electron chi connectivity index (χ1n) is 8.63. The molecular weight excluding hydrogens is 338 g/mol. The second-order valence-corrected chi connectivity index (χ2v) is 6.51. The summed E-state index contributed by atoms with van der Waals surface area (Å²) in [5.74, 6) is -0.323. The summed E-state index contributed by atoms with van der Waals surface area (Å²) in [6.07, 6.45) is 0.355. The van der Waals surface area contributed by atoms with Crippen LogP contribution in [0, 0.1) is 0 Å². The minimum Gasteiger partial charge on any atom is -0.449 e. The Kier molecular flexibility index (Phi) is 3.91. The fraction of sp³-hybridized carbons (Fsp3) is 0.389. The van der Waals surface area contributed by atoms with Crippen molar-refractivity contribution in [2.24, 2.45) is 0 Å². The predicted octanol–water partition coefficient (Wildman–Crippen LogP) is 2.49. The standard InChI is InChI=1S/C18H19N3O5/c1-2-26-18(24)20-13-6-4-3-5-11(13)9-15(20)16(22)14-8-7-12-10-19(14)17(23)21(12)25/h3-6,9,12,14,25H,2,7-8,10H2,1H3/t12-,14+/m1/s1. The largest absolute Gasteiger partial charge is 0.449 e. The first-order chi connectivity index (χ1) is 12.5. The zero-order chi connectivity index (χ0) is 18.4. The van der Waals surface area contributed by atoms with Gasteiger partial charge in [0.05, 0.1) is 29.9 Å². The first kappa shape index (κ1) is 16.6. The molecule has 1 aromatic carbocycles. The normalized spacial score (nSPS) is 22.2. The Hall–Kier alpha value is -2.87. The number of carbonyl (C=O) groups excluding carboxylic acids is 3. The summed E-state index contributed by atoms with van der Waals surface area (Å²) in [7, 11) is 0. The number of urea groups is 1. The van der Waals surface area contributed by atoms with Gasteiger partial charge in [-0.15, -0.1) is 0 Å². The molecule has 1 N–H and O–H groups in total. The predicted molar refractivity (Wildman–Crippen MR) is 91.2 cm³/mol. The lowest BCUT2D eigenvalue weighted by molar-refractivity contribution is -0.0583. The van der Waals surface area contributed by atoms with Gasteiger partial charge in [0.1, 0.15) is 0 Å². The second kappa shape index (κ2) is 6.14. The lowest BCUT2D eigenvalue weighted by Crippen LogP contribution is -2.45. The summed E-state index contributed by atoms with van der Waals surface area (Å²) in [6, 6.07) is 7.28.